The molecule has 0 bridgehead atoms. The zero-order valence-corrected chi connectivity index (χ0v) is 13.3. The number of nitrogens with one attached hydrogen (secondary N) is 1. The van der Waals surface area contributed by atoms with Crippen LogP contribution >= 0.6 is 11.3 Å². The van der Waals surface area contributed by atoms with Crippen molar-refractivity contribution in [3.63, 3.8) is 0 Å². The Hall–Kier alpha value is -1.39. The minimum absolute atomic E-state index is 0.882. The van der Waals surface area contributed by atoms with Gasteiger partial charge in [-0.15, -0.1) is 11.3 Å². The Bertz CT molecular complexity index is 532. The number of thiazole rings is 1. The van der Waals surface area contributed by atoms with Gasteiger partial charge in [-0.3, -0.25) is 0 Å². The predicted molar refractivity (Wildman–Crippen MR) is 87.4 cm³/mol. The summed E-state index contributed by atoms with van der Waals surface area (Å²) in [6.45, 7) is 10.3. The van der Waals surface area contributed by atoms with Crippen molar-refractivity contribution in [2.24, 2.45) is 0 Å². The maximum Gasteiger partial charge on any atom is 0.185 e. The first kappa shape index (κ1) is 15.0. The second-order valence-corrected chi connectivity index (χ2v) is 5.97. The van der Waals surface area contributed by atoms with E-state index in [4.69, 9.17) is 0 Å². The number of hydrogen-bond acceptors (Lipinski definition) is 4. The number of anilines is 1. The predicted octanol–water partition coefficient (Wildman–Crippen LogP) is 3.59. The Morgan fingerprint density at radius 2 is 2.00 bits per heavy atom. The van der Waals surface area contributed by atoms with Crippen molar-refractivity contribution in [2.75, 3.05) is 18.0 Å². The molecule has 0 spiro atoms. The molecule has 20 heavy (non-hydrogen) atoms. The minimum Gasteiger partial charge on any atom is -0.349 e. The molecule has 0 radical (unpaired) electrons. The van der Waals surface area contributed by atoms with E-state index >= 15 is 0 Å². The van der Waals surface area contributed by atoms with Gasteiger partial charge in [0.25, 0.3) is 0 Å². The topological polar surface area (TPSA) is 28.2 Å². The second kappa shape index (κ2) is 7.41. The van der Waals surface area contributed by atoms with Crippen LogP contribution in [0, 0.1) is 6.92 Å². The summed E-state index contributed by atoms with van der Waals surface area (Å²) >= 11 is 1.78. The lowest BCUT2D eigenvalue weighted by Crippen LogP contribution is -2.21. The molecular formula is C16H23N3S. The molecule has 2 aromatic rings. The van der Waals surface area contributed by atoms with Crippen molar-refractivity contribution >= 4 is 16.5 Å². The average Bonchev–Trinajstić information content (AvgIpc) is 2.89. The van der Waals surface area contributed by atoms with Gasteiger partial charge in [0.1, 0.15) is 0 Å². The van der Waals surface area contributed by atoms with Gasteiger partial charge in [-0.2, -0.15) is 0 Å². The summed E-state index contributed by atoms with van der Waals surface area (Å²) < 4.78 is 0. The van der Waals surface area contributed by atoms with Gasteiger partial charge in [0.05, 0.1) is 0 Å². The van der Waals surface area contributed by atoms with Gasteiger partial charge in [-0.1, -0.05) is 29.8 Å². The van der Waals surface area contributed by atoms with Crippen LogP contribution < -0.4 is 10.2 Å². The van der Waals surface area contributed by atoms with Gasteiger partial charge >= 0.3 is 0 Å². The van der Waals surface area contributed by atoms with Crippen LogP contribution in [0.15, 0.2) is 30.5 Å². The van der Waals surface area contributed by atoms with E-state index in [1.165, 1.54) is 16.0 Å². The van der Waals surface area contributed by atoms with E-state index in [1.54, 1.807) is 11.3 Å². The van der Waals surface area contributed by atoms with Crippen LogP contribution in [0.4, 0.5) is 5.13 Å². The third-order valence-corrected chi connectivity index (χ3v) is 4.34. The Kier molecular flexibility index (Phi) is 5.56. The highest BCUT2D eigenvalue weighted by Crippen LogP contribution is 2.22. The normalized spacial score (nSPS) is 10.8. The molecule has 0 unspecified atom stereocenters. The molecule has 4 heteroatoms. The number of aryl methyl sites for hydroxylation is 1. The van der Waals surface area contributed by atoms with Gasteiger partial charge in [-0.05, 0) is 26.3 Å². The first-order valence-electron chi connectivity index (χ1n) is 7.18. The fraction of sp³-hybridized carbons (Fsp3) is 0.438. The summed E-state index contributed by atoms with van der Waals surface area (Å²) in [5.41, 5.74) is 2.64. The molecule has 1 aromatic heterocycles. The van der Waals surface area contributed by atoms with E-state index in [0.717, 1.165) is 31.3 Å². The second-order valence-electron chi connectivity index (χ2n) is 4.87. The summed E-state index contributed by atoms with van der Waals surface area (Å²) in [5.74, 6) is 0. The molecule has 1 aromatic carbocycles. The van der Waals surface area contributed by atoms with E-state index in [1.807, 2.05) is 6.20 Å². The first-order chi connectivity index (χ1) is 9.72. The maximum atomic E-state index is 4.50. The molecule has 0 fully saturated rings. The molecule has 108 valence electrons. The zero-order valence-electron chi connectivity index (χ0n) is 12.5. The summed E-state index contributed by atoms with van der Waals surface area (Å²) in [6.07, 6.45) is 1.99. The lowest BCUT2D eigenvalue weighted by molar-refractivity contribution is 0.699. The number of rotatable bonds is 7. The molecule has 0 aliphatic carbocycles. The summed E-state index contributed by atoms with van der Waals surface area (Å²) in [5, 5.41) is 4.61. The van der Waals surface area contributed by atoms with Crippen LogP contribution in [0.1, 0.15) is 29.9 Å². The SMILES string of the molecule is CCN(CC)c1ncc(CNCc2cccc(C)c2)s1. The Labute approximate surface area is 125 Å². The highest BCUT2D eigenvalue weighted by molar-refractivity contribution is 7.15. The molecule has 0 saturated carbocycles. The number of benzene rings is 1. The smallest absolute Gasteiger partial charge is 0.185 e. The fourth-order valence-corrected chi connectivity index (χ4v) is 3.18. The van der Waals surface area contributed by atoms with Crippen molar-refractivity contribution in [1.29, 1.82) is 0 Å². The number of aromatic nitrogens is 1. The van der Waals surface area contributed by atoms with E-state index < -0.39 is 0 Å². The summed E-state index contributed by atoms with van der Waals surface area (Å²) in [7, 11) is 0. The maximum absolute atomic E-state index is 4.50. The van der Waals surface area contributed by atoms with Gasteiger partial charge < -0.3 is 10.2 Å². The van der Waals surface area contributed by atoms with E-state index in [-0.39, 0.29) is 0 Å². The third kappa shape index (κ3) is 4.05. The highest BCUT2D eigenvalue weighted by Gasteiger charge is 2.07. The van der Waals surface area contributed by atoms with Crippen LogP contribution in [0.25, 0.3) is 0 Å². The summed E-state index contributed by atoms with van der Waals surface area (Å²) in [6, 6.07) is 8.62. The van der Waals surface area contributed by atoms with Crippen molar-refractivity contribution < 1.29 is 0 Å². The van der Waals surface area contributed by atoms with Crippen molar-refractivity contribution in [3.05, 3.63) is 46.5 Å². The monoisotopic (exact) mass is 289 g/mol. The van der Waals surface area contributed by atoms with E-state index in [0.29, 0.717) is 0 Å². The van der Waals surface area contributed by atoms with Crippen molar-refractivity contribution in [3.8, 4) is 0 Å². The van der Waals surface area contributed by atoms with Crippen molar-refractivity contribution in [1.82, 2.24) is 10.3 Å². The van der Waals surface area contributed by atoms with Gasteiger partial charge in [0.2, 0.25) is 0 Å². The molecule has 0 amide bonds. The molecule has 0 aliphatic rings. The Morgan fingerprint density at radius 3 is 2.70 bits per heavy atom. The molecule has 3 nitrogen and oxygen atoms in total. The van der Waals surface area contributed by atoms with Gasteiger partial charge in [0.15, 0.2) is 5.13 Å². The molecule has 0 atom stereocenters. The molecular weight excluding hydrogens is 266 g/mol. The van der Waals surface area contributed by atoms with Crippen LogP contribution in [-0.2, 0) is 13.1 Å². The number of nitrogens with zero attached hydrogens (tertiary/aromatic N) is 2. The highest BCUT2D eigenvalue weighted by atomic mass is 32.1. The van der Waals surface area contributed by atoms with Gasteiger partial charge in [0, 0.05) is 37.3 Å². The van der Waals surface area contributed by atoms with Crippen LogP contribution in [-0.4, -0.2) is 18.1 Å². The number of hydrogen-bond donors (Lipinski definition) is 1. The standard InChI is InChI=1S/C16H23N3S/c1-4-19(5-2)16-18-12-15(20-16)11-17-10-14-8-6-7-13(3)9-14/h6-9,12,17H,4-5,10-11H2,1-3H3. The summed E-state index contributed by atoms with van der Waals surface area (Å²) in [4.78, 5) is 8.08. The largest absolute Gasteiger partial charge is 0.349 e. The lowest BCUT2D eigenvalue weighted by Gasteiger charge is -2.16. The van der Waals surface area contributed by atoms with Crippen LogP contribution in [0.5, 0.6) is 0 Å². The average molecular weight is 289 g/mol. The fourth-order valence-electron chi connectivity index (χ4n) is 2.17. The van der Waals surface area contributed by atoms with E-state index in [2.05, 4.69) is 60.2 Å². The zero-order chi connectivity index (χ0) is 14.4. The van der Waals surface area contributed by atoms with E-state index in [9.17, 15) is 0 Å². The Balaban J connectivity index is 1.85. The molecule has 0 aliphatic heterocycles. The molecule has 2 rings (SSSR count). The molecule has 0 saturated heterocycles. The van der Waals surface area contributed by atoms with Crippen LogP contribution in [0.3, 0.4) is 0 Å². The van der Waals surface area contributed by atoms with Gasteiger partial charge in [-0.25, -0.2) is 4.98 Å². The van der Waals surface area contributed by atoms with Crippen LogP contribution in [0.2, 0.25) is 0 Å². The van der Waals surface area contributed by atoms with Crippen molar-refractivity contribution in [2.45, 2.75) is 33.9 Å². The minimum atomic E-state index is 0.882. The quantitative estimate of drug-likeness (QED) is 0.844. The Morgan fingerprint density at radius 1 is 1.20 bits per heavy atom. The first-order valence-corrected chi connectivity index (χ1v) is 8.00. The lowest BCUT2D eigenvalue weighted by atomic mass is 10.1. The molecule has 1 N–H and O–H groups in total. The molecule has 1 heterocycles. The third-order valence-electron chi connectivity index (χ3n) is 3.29.